The second-order valence-electron chi connectivity index (χ2n) is 6.45. The number of hydrogen-bond acceptors (Lipinski definition) is 5. The van der Waals surface area contributed by atoms with E-state index in [0.29, 0.717) is 24.9 Å². The molecule has 9 heteroatoms. The molecule has 0 aliphatic carbocycles. The first-order valence-electron chi connectivity index (χ1n) is 7.80. The van der Waals surface area contributed by atoms with Crippen LogP contribution in [0.25, 0.3) is 0 Å². The van der Waals surface area contributed by atoms with Crippen molar-refractivity contribution in [2.24, 2.45) is 18.9 Å². The molecule has 0 spiro atoms. The van der Waals surface area contributed by atoms with E-state index in [1.165, 1.54) is 0 Å². The third kappa shape index (κ3) is 4.89. The van der Waals surface area contributed by atoms with E-state index in [2.05, 4.69) is 33.7 Å². The van der Waals surface area contributed by atoms with Crippen LogP contribution in [0.15, 0.2) is 0 Å². The van der Waals surface area contributed by atoms with Gasteiger partial charge in [-0.2, -0.15) is 0 Å². The van der Waals surface area contributed by atoms with Crippen LogP contribution in [0.1, 0.15) is 32.4 Å². The maximum absolute atomic E-state index is 11.9. The minimum absolute atomic E-state index is 0. The smallest absolute Gasteiger partial charge is 0.211 e. The Morgan fingerprint density at radius 3 is 2.43 bits per heavy atom. The van der Waals surface area contributed by atoms with Crippen molar-refractivity contribution in [3.8, 4) is 0 Å². The Hall–Kier alpha value is -0.700. The Labute approximate surface area is 145 Å². The molecule has 0 saturated carbocycles. The van der Waals surface area contributed by atoms with Gasteiger partial charge in [0.1, 0.15) is 11.6 Å². The average molecular weight is 366 g/mol. The van der Waals surface area contributed by atoms with E-state index in [-0.39, 0.29) is 24.2 Å². The number of hydrogen-bond donors (Lipinski definition) is 1. The molecular formula is C14H28ClN5O2S. The van der Waals surface area contributed by atoms with E-state index in [1.807, 2.05) is 18.5 Å². The minimum atomic E-state index is -3.18. The van der Waals surface area contributed by atoms with E-state index in [0.717, 1.165) is 18.2 Å². The number of nitrogens with zero attached hydrogens (tertiary/aromatic N) is 4. The molecule has 1 fully saturated rings. The van der Waals surface area contributed by atoms with Crippen LogP contribution in [0, 0.1) is 18.8 Å². The quantitative estimate of drug-likeness (QED) is 0.811. The molecule has 1 saturated heterocycles. The van der Waals surface area contributed by atoms with Crippen LogP contribution in [-0.2, 0) is 23.6 Å². The zero-order valence-electron chi connectivity index (χ0n) is 14.5. The summed E-state index contributed by atoms with van der Waals surface area (Å²) in [4.78, 5) is 2.26. The summed E-state index contributed by atoms with van der Waals surface area (Å²) in [7, 11) is -1.22. The van der Waals surface area contributed by atoms with Gasteiger partial charge in [-0.3, -0.25) is 4.90 Å². The second kappa shape index (κ2) is 7.92. The lowest BCUT2D eigenvalue weighted by atomic mass is 9.92. The second-order valence-corrected chi connectivity index (χ2v) is 8.49. The lowest BCUT2D eigenvalue weighted by Crippen LogP contribution is -2.42. The maximum Gasteiger partial charge on any atom is 0.211 e. The number of likely N-dealkylation sites (tertiary alicyclic amines) is 1. The van der Waals surface area contributed by atoms with Crippen molar-refractivity contribution in [1.29, 1.82) is 0 Å². The van der Waals surface area contributed by atoms with Gasteiger partial charge in [0.05, 0.1) is 12.3 Å². The molecule has 7 nitrogen and oxygen atoms in total. The van der Waals surface area contributed by atoms with E-state index >= 15 is 0 Å². The molecule has 2 heterocycles. The Balaban J connectivity index is 0.00000264. The Bertz CT molecular complexity index is 617. The van der Waals surface area contributed by atoms with Gasteiger partial charge in [0.2, 0.25) is 10.0 Å². The summed E-state index contributed by atoms with van der Waals surface area (Å²) in [6.45, 7) is 10.2. The zero-order valence-corrected chi connectivity index (χ0v) is 16.1. The number of rotatable bonds is 6. The zero-order chi connectivity index (χ0) is 16.5. The monoisotopic (exact) mass is 365 g/mol. The highest BCUT2D eigenvalue weighted by Gasteiger charge is 2.36. The molecule has 1 N–H and O–H groups in total. The first-order chi connectivity index (χ1) is 10.2. The van der Waals surface area contributed by atoms with Crippen molar-refractivity contribution in [1.82, 2.24) is 24.4 Å². The lowest BCUT2D eigenvalue weighted by Gasteiger charge is -2.22. The predicted molar refractivity (Wildman–Crippen MR) is 93.0 cm³/mol. The standard InChI is InChI=1S/C14H27N5O2S.ClH/c1-6-22(20,21)17-13-8-19(7-12(13)10(2)3)9-14-16-15-11(4)18(14)5;/h10,12-13,17H,6-9H2,1-5H3;1H/t12-,13+;/m1./s1. The van der Waals surface area contributed by atoms with E-state index < -0.39 is 10.0 Å². The van der Waals surface area contributed by atoms with E-state index in [9.17, 15) is 8.42 Å². The summed E-state index contributed by atoms with van der Waals surface area (Å²) < 4.78 is 28.6. The highest BCUT2D eigenvalue weighted by molar-refractivity contribution is 7.89. The van der Waals surface area contributed by atoms with Gasteiger partial charge in [0.15, 0.2) is 0 Å². The van der Waals surface area contributed by atoms with Crippen LogP contribution in [0.2, 0.25) is 0 Å². The minimum Gasteiger partial charge on any atom is -0.317 e. The number of aromatic nitrogens is 3. The van der Waals surface area contributed by atoms with Crippen LogP contribution in [0.5, 0.6) is 0 Å². The average Bonchev–Trinajstić information content (AvgIpc) is 2.97. The molecule has 0 amide bonds. The summed E-state index contributed by atoms with van der Waals surface area (Å²) >= 11 is 0. The number of halogens is 1. The molecule has 23 heavy (non-hydrogen) atoms. The number of aryl methyl sites for hydroxylation is 1. The van der Waals surface area contributed by atoms with Crippen molar-refractivity contribution in [3.63, 3.8) is 0 Å². The highest BCUT2D eigenvalue weighted by Crippen LogP contribution is 2.26. The molecule has 1 aromatic heterocycles. The van der Waals surface area contributed by atoms with Crippen molar-refractivity contribution < 1.29 is 8.42 Å². The molecule has 0 bridgehead atoms. The van der Waals surface area contributed by atoms with Gasteiger partial charge in [-0.05, 0) is 25.7 Å². The molecule has 134 valence electrons. The lowest BCUT2D eigenvalue weighted by molar-refractivity contribution is 0.287. The van der Waals surface area contributed by atoms with Gasteiger partial charge >= 0.3 is 0 Å². The normalized spacial score (nSPS) is 22.5. The van der Waals surface area contributed by atoms with Crippen LogP contribution in [0.3, 0.4) is 0 Å². The number of sulfonamides is 1. The van der Waals surface area contributed by atoms with Gasteiger partial charge < -0.3 is 4.57 Å². The Morgan fingerprint density at radius 2 is 1.96 bits per heavy atom. The molecule has 1 aliphatic rings. The Morgan fingerprint density at radius 1 is 1.30 bits per heavy atom. The van der Waals surface area contributed by atoms with Crippen molar-refractivity contribution in [2.75, 3.05) is 18.8 Å². The topological polar surface area (TPSA) is 80.1 Å². The third-order valence-electron chi connectivity index (χ3n) is 4.56. The Kier molecular flexibility index (Phi) is 7.00. The molecule has 0 aromatic carbocycles. The number of nitrogens with one attached hydrogen (secondary N) is 1. The SMILES string of the molecule is CCS(=O)(=O)N[C@H]1CN(Cc2nnc(C)n2C)C[C@@H]1C(C)C.Cl. The summed E-state index contributed by atoms with van der Waals surface area (Å²) in [5.74, 6) is 2.67. The first-order valence-corrected chi connectivity index (χ1v) is 9.46. The van der Waals surface area contributed by atoms with Crippen LogP contribution in [-0.4, -0.2) is 53.0 Å². The van der Waals surface area contributed by atoms with Gasteiger partial charge in [-0.15, -0.1) is 22.6 Å². The highest BCUT2D eigenvalue weighted by atomic mass is 35.5. The summed E-state index contributed by atoms with van der Waals surface area (Å²) in [5, 5.41) is 8.28. The fourth-order valence-corrected chi connectivity index (χ4v) is 3.82. The molecule has 1 aromatic rings. The third-order valence-corrected chi connectivity index (χ3v) is 5.98. The van der Waals surface area contributed by atoms with Crippen molar-refractivity contribution in [3.05, 3.63) is 11.6 Å². The fourth-order valence-electron chi connectivity index (χ4n) is 2.95. The van der Waals surface area contributed by atoms with Crippen molar-refractivity contribution in [2.45, 2.75) is 40.3 Å². The van der Waals surface area contributed by atoms with Crippen molar-refractivity contribution >= 4 is 22.4 Å². The summed E-state index contributed by atoms with van der Waals surface area (Å²) in [6, 6.07) is -0.0284. The molecule has 2 rings (SSSR count). The van der Waals surface area contributed by atoms with Gasteiger partial charge in [0.25, 0.3) is 0 Å². The fraction of sp³-hybridized carbons (Fsp3) is 0.857. The summed E-state index contributed by atoms with van der Waals surface area (Å²) in [6.07, 6.45) is 0. The van der Waals surface area contributed by atoms with Crippen LogP contribution in [0.4, 0.5) is 0 Å². The van der Waals surface area contributed by atoms with Crippen LogP contribution < -0.4 is 4.72 Å². The van der Waals surface area contributed by atoms with Crippen LogP contribution >= 0.6 is 12.4 Å². The summed E-state index contributed by atoms with van der Waals surface area (Å²) in [5.41, 5.74) is 0. The van der Waals surface area contributed by atoms with Gasteiger partial charge in [-0.1, -0.05) is 13.8 Å². The van der Waals surface area contributed by atoms with E-state index in [1.54, 1.807) is 6.92 Å². The first kappa shape index (κ1) is 20.3. The molecular weight excluding hydrogens is 338 g/mol. The van der Waals surface area contributed by atoms with Gasteiger partial charge in [-0.25, -0.2) is 13.1 Å². The molecule has 0 unspecified atom stereocenters. The molecule has 0 radical (unpaired) electrons. The molecule has 1 aliphatic heterocycles. The van der Waals surface area contributed by atoms with E-state index in [4.69, 9.17) is 0 Å². The van der Waals surface area contributed by atoms with Gasteiger partial charge in [0, 0.05) is 26.2 Å². The largest absolute Gasteiger partial charge is 0.317 e. The molecule has 2 atom stereocenters. The maximum atomic E-state index is 11.9. The predicted octanol–water partition coefficient (Wildman–Crippen LogP) is 0.941.